The molecule has 1 aromatic carbocycles. The van der Waals surface area contributed by atoms with Crippen LogP contribution in [-0.2, 0) is 14.3 Å². The van der Waals surface area contributed by atoms with Gasteiger partial charge in [0.15, 0.2) is 0 Å². The summed E-state index contributed by atoms with van der Waals surface area (Å²) in [5.74, 6) is -2.14. The minimum Gasteiger partial charge on any atom is -0.478 e. The van der Waals surface area contributed by atoms with Crippen molar-refractivity contribution in [3.8, 4) is 0 Å². The van der Waals surface area contributed by atoms with Gasteiger partial charge >= 0.3 is 18.0 Å². The zero-order valence-corrected chi connectivity index (χ0v) is 12.7. The van der Waals surface area contributed by atoms with Crippen molar-refractivity contribution in [1.82, 2.24) is 5.32 Å². The van der Waals surface area contributed by atoms with E-state index in [1.165, 1.54) is 12.1 Å². The normalized spacial score (nSPS) is 12.1. The minimum atomic E-state index is -1.50. The number of benzene rings is 1. The van der Waals surface area contributed by atoms with Gasteiger partial charge in [0.05, 0.1) is 12.1 Å². The Hall–Kier alpha value is -2.57. The first-order valence-corrected chi connectivity index (χ1v) is 6.65. The van der Waals surface area contributed by atoms with Gasteiger partial charge in [0, 0.05) is 0 Å². The summed E-state index contributed by atoms with van der Waals surface area (Å²) in [5, 5.41) is 11.3. The molecule has 1 amide bonds. The van der Waals surface area contributed by atoms with E-state index in [0.29, 0.717) is 0 Å². The second-order valence-electron chi connectivity index (χ2n) is 5.48. The number of rotatable bonds is 5. The van der Waals surface area contributed by atoms with Gasteiger partial charge in [-0.1, -0.05) is 18.2 Å². The van der Waals surface area contributed by atoms with Crippen LogP contribution >= 0.6 is 0 Å². The van der Waals surface area contributed by atoms with Crippen LogP contribution in [0.1, 0.15) is 31.1 Å². The number of carbonyl (C=O) groups is 3. The molecule has 0 aliphatic rings. The molecule has 0 aromatic heterocycles. The lowest BCUT2D eigenvalue weighted by molar-refractivity contribution is -0.146. The Morgan fingerprint density at radius 2 is 1.77 bits per heavy atom. The summed E-state index contributed by atoms with van der Waals surface area (Å²) in [4.78, 5) is 34.4. The summed E-state index contributed by atoms with van der Waals surface area (Å²) in [6.07, 6.45) is -2.28. The highest BCUT2D eigenvalue weighted by Crippen LogP contribution is 2.07. The number of hydrogen-bond donors (Lipinski definition) is 2. The molecule has 0 fully saturated rings. The van der Waals surface area contributed by atoms with Gasteiger partial charge in [0.25, 0.3) is 0 Å². The van der Waals surface area contributed by atoms with Gasteiger partial charge in [0.2, 0.25) is 6.10 Å². The van der Waals surface area contributed by atoms with Crippen LogP contribution in [0.5, 0.6) is 0 Å². The summed E-state index contributed by atoms with van der Waals surface area (Å²) < 4.78 is 9.84. The van der Waals surface area contributed by atoms with Gasteiger partial charge in [-0.15, -0.1) is 0 Å². The predicted molar refractivity (Wildman–Crippen MR) is 77.5 cm³/mol. The number of esters is 1. The van der Waals surface area contributed by atoms with Gasteiger partial charge in [-0.2, -0.15) is 0 Å². The monoisotopic (exact) mass is 309 g/mol. The van der Waals surface area contributed by atoms with Crippen LogP contribution < -0.4 is 5.32 Å². The second kappa shape index (κ2) is 7.44. The third kappa shape index (κ3) is 6.25. The van der Waals surface area contributed by atoms with E-state index in [4.69, 9.17) is 14.6 Å². The number of carboxylic acids is 1. The van der Waals surface area contributed by atoms with Crippen LogP contribution in [0.15, 0.2) is 30.3 Å². The van der Waals surface area contributed by atoms with Gasteiger partial charge in [-0.25, -0.2) is 14.4 Å². The van der Waals surface area contributed by atoms with Crippen molar-refractivity contribution < 1.29 is 29.0 Å². The average molecular weight is 309 g/mol. The lowest BCUT2D eigenvalue weighted by atomic mass is 10.2. The lowest BCUT2D eigenvalue weighted by Gasteiger charge is -2.20. The van der Waals surface area contributed by atoms with Crippen molar-refractivity contribution in [1.29, 1.82) is 0 Å². The minimum absolute atomic E-state index is 0.228. The molecule has 0 spiro atoms. The quantitative estimate of drug-likeness (QED) is 0.804. The average Bonchev–Trinajstić information content (AvgIpc) is 2.41. The molecule has 0 aliphatic carbocycles. The maximum absolute atomic E-state index is 11.8. The van der Waals surface area contributed by atoms with Crippen molar-refractivity contribution in [3.05, 3.63) is 35.9 Å². The molecule has 1 aromatic rings. The standard InChI is InChI=1S/C15H19NO6/c1-15(2,3)22-14(20)16-9-11(12(17)18)21-13(19)10-7-5-4-6-8-10/h4-8,11H,9H2,1-3H3,(H,16,20)(H,17,18)/t11-/m1/s1. The highest BCUT2D eigenvalue weighted by Gasteiger charge is 2.25. The van der Waals surface area contributed by atoms with Crippen molar-refractivity contribution in [2.24, 2.45) is 0 Å². The molecule has 1 rings (SSSR count). The molecule has 22 heavy (non-hydrogen) atoms. The number of alkyl carbamates (subject to hydrolysis) is 1. The molecule has 2 N–H and O–H groups in total. The first-order valence-electron chi connectivity index (χ1n) is 6.65. The molecule has 0 bridgehead atoms. The Balaban J connectivity index is 2.58. The Kier molecular flexibility index (Phi) is 5.91. The Labute approximate surface area is 128 Å². The molecule has 0 aliphatic heterocycles. The SMILES string of the molecule is CC(C)(C)OC(=O)NC[C@@H](OC(=O)c1ccccc1)C(=O)O. The smallest absolute Gasteiger partial charge is 0.407 e. The van der Waals surface area contributed by atoms with Gasteiger partial charge in [-0.3, -0.25) is 0 Å². The first-order chi connectivity index (χ1) is 10.2. The largest absolute Gasteiger partial charge is 0.478 e. The number of carboxylic acid groups (broad SMARTS) is 1. The number of aliphatic carboxylic acids is 1. The maximum Gasteiger partial charge on any atom is 0.407 e. The number of nitrogens with one attached hydrogen (secondary N) is 1. The van der Waals surface area contributed by atoms with Crippen LogP contribution in [0.3, 0.4) is 0 Å². The molecule has 0 heterocycles. The molecule has 120 valence electrons. The van der Waals surface area contributed by atoms with E-state index in [-0.39, 0.29) is 12.1 Å². The van der Waals surface area contributed by atoms with Crippen LogP contribution in [0.4, 0.5) is 4.79 Å². The van der Waals surface area contributed by atoms with E-state index in [1.54, 1.807) is 39.0 Å². The molecule has 1 atom stereocenters. The van der Waals surface area contributed by atoms with Crippen molar-refractivity contribution >= 4 is 18.0 Å². The van der Waals surface area contributed by atoms with E-state index >= 15 is 0 Å². The van der Waals surface area contributed by atoms with E-state index in [1.807, 2.05) is 0 Å². The number of hydrogen-bond acceptors (Lipinski definition) is 5. The summed E-state index contributed by atoms with van der Waals surface area (Å²) >= 11 is 0. The van der Waals surface area contributed by atoms with E-state index in [2.05, 4.69) is 5.32 Å². The predicted octanol–water partition coefficient (Wildman–Crippen LogP) is 1.82. The molecule has 7 nitrogen and oxygen atoms in total. The topological polar surface area (TPSA) is 102 Å². The zero-order valence-electron chi connectivity index (χ0n) is 12.7. The fourth-order valence-electron chi connectivity index (χ4n) is 1.44. The molecular weight excluding hydrogens is 290 g/mol. The van der Waals surface area contributed by atoms with Gasteiger partial charge in [-0.05, 0) is 32.9 Å². The molecule has 7 heteroatoms. The lowest BCUT2D eigenvalue weighted by Crippen LogP contribution is -2.41. The van der Waals surface area contributed by atoms with Crippen molar-refractivity contribution in [2.75, 3.05) is 6.54 Å². The number of carbonyl (C=O) groups excluding carboxylic acids is 2. The molecule has 0 saturated heterocycles. The Morgan fingerprint density at radius 3 is 2.27 bits per heavy atom. The number of ether oxygens (including phenoxy) is 2. The molecule has 0 radical (unpaired) electrons. The summed E-state index contributed by atoms with van der Waals surface area (Å²) in [6, 6.07) is 7.98. The second-order valence-corrected chi connectivity index (χ2v) is 5.48. The van der Waals surface area contributed by atoms with Gasteiger partial charge in [0.1, 0.15) is 5.60 Å². The third-order valence-corrected chi connectivity index (χ3v) is 2.36. The van der Waals surface area contributed by atoms with Crippen molar-refractivity contribution in [2.45, 2.75) is 32.5 Å². The van der Waals surface area contributed by atoms with E-state index in [0.717, 1.165) is 0 Å². The fraction of sp³-hybridized carbons (Fsp3) is 0.400. The van der Waals surface area contributed by atoms with Crippen LogP contribution in [0.25, 0.3) is 0 Å². The van der Waals surface area contributed by atoms with Crippen LogP contribution in [0.2, 0.25) is 0 Å². The van der Waals surface area contributed by atoms with E-state index in [9.17, 15) is 14.4 Å². The fourth-order valence-corrected chi connectivity index (χ4v) is 1.44. The van der Waals surface area contributed by atoms with Gasteiger partial charge < -0.3 is 19.9 Å². The highest BCUT2D eigenvalue weighted by molar-refractivity contribution is 5.91. The summed E-state index contributed by atoms with van der Waals surface area (Å²) in [5.41, 5.74) is -0.477. The Bertz CT molecular complexity index is 535. The highest BCUT2D eigenvalue weighted by atomic mass is 16.6. The van der Waals surface area contributed by atoms with Crippen LogP contribution in [0, 0.1) is 0 Å². The first kappa shape index (κ1) is 17.5. The maximum atomic E-state index is 11.8. The molecular formula is C15H19NO6. The number of amides is 1. The Morgan fingerprint density at radius 1 is 1.18 bits per heavy atom. The summed E-state index contributed by atoms with van der Waals surface area (Å²) in [7, 11) is 0. The summed E-state index contributed by atoms with van der Waals surface area (Å²) in [6.45, 7) is 4.65. The van der Waals surface area contributed by atoms with Crippen molar-refractivity contribution in [3.63, 3.8) is 0 Å². The molecule has 0 unspecified atom stereocenters. The molecule has 0 saturated carbocycles. The third-order valence-electron chi connectivity index (χ3n) is 2.36. The van der Waals surface area contributed by atoms with E-state index < -0.39 is 29.7 Å². The van der Waals surface area contributed by atoms with Crippen LogP contribution in [-0.4, -0.2) is 41.4 Å². The zero-order chi connectivity index (χ0) is 16.8.